The average molecular weight is 464 g/mol. The Morgan fingerprint density at radius 3 is 1.97 bits per heavy atom. The number of rotatable bonds is 11. The Kier molecular flexibility index (Phi) is 8.16. The van der Waals surface area contributed by atoms with Gasteiger partial charge in [0, 0.05) is 24.0 Å². The van der Waals surface area contributed by atoms with E-state index in [9.17, 15) is 26.7 Å². The Balaban J connectivity index is 2.15. The molecule has 176 valence electrons. The lowest BCUT2D eigenvalue weighted by molar-refractivity contribution is 0.102. The van der Waals surface area contributed by atoms with E-state index < -0.39 is 40.4 Å². The molecular formula is C24H26BF5N2O. The summed E-state index contributed by atoms with van der Waals surface area (Å²) in [6.45, 7) is 3.92. The highest BCUT2D eigenvalue weighted by atomic mass is 19.2. The third kappa shape index (κ3) is 5.07. The number of benzene rings is 1. The van der Waals surface area contributed by atoms with Crippen LogP contribution in [0, 0.1) is 29.1 Å². The highest BCUT2D eigenvalue weighted by Gasteiger charge is 2.33. The summed E-state index contributed by atoms with van der Waals surface area (Å²) in [5.41, 5.74) is 0.0788. The molecule has 9 heteroatoms. The summed E-state index contributed by atoms with van der Waals surface area (Å²) in [6.07, 6.45) is 7.19. The van der Waals surface area contributed by atoms with Gasteiger partial charge in [0.25, 0.3) is 6.85 Å². The van der Waals surface area contributed by atoms with Crippen molar-refractivity contribution in [2.45, 2.75) is 58.6 Å². The van der Waals surface area contributed by atoms with E-state index in [0.29, 0.717) is 6.42 Å². The summed E-state index contributed by atoms with van der Waals surface area (Å²) in [4.78, 5) is 16.3. The number of ketones is 1. The molecule has 1 N–H and O–H groups in total. The summed E-state index contributed by atoms with van der Waals surface area (Å²) >= 11 is 0. The molecule has 0 aliphatic rings. The topological polar surface area (TPSA) is 37.8 Å². The van der Waals surface area contributed by atoms with Gasteiger partial charge in [-0.2, -0.15) is 0 Å². The summed E-state index contributed by atoms with van der Waals surface area (Å²) in [5, 5.41) is 0. The number of hydrogen-bond acceptors (Lipinski definition) is 1. The van der Waals surface area contributed by atoms with Crippen LogP contribution >= 0.6 is 0 Å². The summed E-state index contributed by atoms with van der Waals surface area (Å²) in [5.74, 6) is -12.0. The van der Waals surface area contributed by atoms with Gasteiger partial charge in [-0.05, 0) is 24.3 Å². The first-order chi connectivity index (χ1) is 15.8. The van der Waals surface area contributed by atoms with Crippen LogP contribution in [-0.2, 0) is 6.42 Å². The molecule has 0 saturated carbocycles. The van der Waals surface area contributed by atoms with Gasteiger partial charge in [-0.25, -0.2) is 22.0 Å². The first kappa shape index (κ1) is 24.8. The molecule has 3 nitrogen and oxygen atoms in total. The lowest BCUT2D eigenvalue weighted by Crippen LogP contribution is -2.30. The van der Waals surface area contributed by atoms with E-state index in [1.54, 1.807) is 16.7 Å². The van der Waals surface area contributed by atoms with Crippen LogP contribution in [-0.4, -0.2) is 22.1 Å². The Morgan fingerprint density at radius 1 is 0.879 bits per heavy atom. The molecule has 0 radical (unpaired) electrons. The maximum absolute atomic E-state index is 14.4. The smallest absolute Gasteiger partial charge is 0.260 e. The first-order valence-electron chi connectivity index (χ1n) is 11.2. The number of carbonyl (C=O) groups excluding carboxylic acids is 1. The first-order valence-corrected chi connectivity index (χ1v) is 11.2. The van der Waals surface area contributed by atoms with E-state index in [1.807, 2.05) is 26.0 Å². The van der Waals surface area contributed by atoms with Gasteiger partial charge in [0.05, 0.1) is 5.69 Å². The minimum absolute atomic E-state index is 0.0861. The SMILES string of the molecule is CCCCB(CCCC)n1c(Cc2ccc[nH]2)ccc1C(=O)c1c(F)c(F)c(F)c(F)c1F. The molecule has 3 rings (SSSR count). The van der Waals surface area contributed by atoms with E-state index in [2.05, 4.69) is 4.98 Å². The largest absolute Gasteiger partial charge is 0.386 e. The predicted octanol–water partition coefficient (Wildman–Crippen LogP) is 6.77. The number of H-pyrrole nitrogens is 1. The van der Waals surface area contributed by atoms with Crippen molar-refractivity contribution in [2.24, 2.45) is 0 Å². The van der Waals surface area contributed by atoms with Crippen LogP contribution in [0.15, 0.2) is 30.5 Å². The van der Waals surface area contributed by atoms with Crippen LogP contribution in [0.1, 0.15) is 67.0 Å². The minimum Gasteiger partial charge on any atom is -0.386 e. The third-order valence-electron chi connectivity index (χ3n) is 5.85. The van der Waals surface area contributed by atoms with E-state index in [1.165, 1.54) is 6.07 Å². The molecule has 0 saturated heterocycles. The Bertz CT molecular complexity index is 1070. The van der Waals surface area contributed by atoms with Gasteiger partial charge in [-0.3, -0.25) is 4.79 Å². The molecule has 0 atom stereocenters. The van der Waals surface area contributed by atoms with E-state index >= 15 is 0 Å². The molecule has 0 aliphatic carbocycles. The van der Waals surface area contributed by atoms with Crippen LogP contribution in [0.25, 0.3) is 0 Å². The number of aromatic amines is 1. The molecule has 3 aromatic rings. The summed E-state index contributed by atoms with van der Waals surface area (Å²) in [6, 6.07) is 6.78. The van der Waals surface area contributed by atoms with Crippen molar-refractivity contribution in [2.75, 3.05) is 0 Å². The monoisotopic (exact) mass is 464 g/mol. The van der Waals surface area contributed by atoms with Crippen LogP contribution in [0.3, 0.4) is 0 Å². The molecule has 1 aromatic carbocycles. The zero-order valence-corrected chi connectivity index (χ0v) is 18.7. The van der Waals surface area contributed by atoms with E-state index in [0.717, 1.165) is 49.7 Å². The minimum atomic E-state index is -2.28. The molecule has 0 unspecified atom stereocenters. The van der Waals surface area contributed by atoms with Crippen molar-refractivity contribution < 1.29 is 26.7 Å². The third-order valence-corrected chi connectivity index (χ3v) is 5.85. The summed E-state index contributed by atoms with van der Waals surface area (Å²) < 4.78 is 71.7. The fourth-order valence-electron chi connectivity index (χ4n) is 4.14. The highest BCUT2D eigenvalue weighted by Crippen LogP contribution is 2.28. The van der Waals surface area contributed by atoms with Gasteiger partial charge in [0.1, 0.15) is 5.56 Å². The Hall–Kier alpha value is -2.84. The molecule has 0 amide bonds. The van der Waals surface area contributed by atoms with Gasteiger partial charge in [-0.15, -0.1) is 0 Å². The molecular weight excluding hydrogens is 438 g/mol. The van der Waals surface area contributed by atoms with Crippen LogP contribution in [0.5, 0.6) is 0 Å². The normalized spacial score (nSPS) is 11.2. The second-order valence-corrected chi connectivity index (χ2v) is 8.16. The number of aromatic nitrogens is 2. The van der Waals surface area contributed by atoms with Gasteiger partial charge in [0.15, 0.2) is 23.3 Å². The quantitative estimate of drug-likeness (QED) is 0.110. The van der Waals surface area contributed by atoms with Crippen molar-refractivity contribution in [3.8, 4) is 0 Å². The fraction of sp³-hybridized carbons (Fsp3) is 0.375. The molecule has 0 bridgehead atoms. The Labute approximate surface area is 190 Å². The van der Waals surface area contributed by atoms with Crippen LogP contribution in [0.4, 0.5) is 22.0 Å². The lowest BCUT2D eigenvalue weighted by Gasteiger charge is -2.22. The zero-order valence-electron chi connectivity index (χ0n) is 18.7. The van der Waals surface area contributed by atoms with Crippen LogP contribution in [0.2, 0.25) is 12.6 Å². The Morgan fingerprint density at radius 2 is 1.45 bits per heavy atom. The molecule has 0 spiro atoms. The molecule has 33 heavy (non-hydrogen) atoms. The number of hydrogen-bond donors (Lipinski definition) is 1. The van der Waals surface area contributed by atoms with Crippen molar-refractivity contribution in [1.82, 2.24) is 9.46 Å². The van der Waals surface area contributed by atoms with Crippen molar-refractivity contribution in [3.05, 3.63) is 82.2 Å². The summed E-state index contributed by atoms with van der Waals surface area (Å²) in [7, 11) is 0. The van der Waals surface area contributed by atoms with Gasteiger partial charge < -0.3 is 9.46 Å². The molecule has 2 heterocycles. The number of carbonyl (C=O) groups is 1. The second kappa shape index (κ2) is 10.9. The number of halogens is 5. The molecule has 0 fully saturated rings. The zero-order chi connectivity index (χ0) is 24.1. The van der Waals surface area contributed by atoms with Crippen LogP contribution < -0.4 is 0 Å². The van der Waals surface area contributed by atoms with Gasteiger partial charge in [-0.1, -0.05) is 52.2 Å². The van der Waals surface area contributed by atoms with Crippen molar-refractivity contribution in [3.63, 3.8) is 0 Å². The number of nitrogens with zero attached hydrogens (tertiary/aromatic N) is 1. The maximum atomic E-state index is 14.4. The standard InChI is InChI=1S/C24H26BF5N2O/c1-3-5-11-25(12-6-4-2)32-16(14-15-8-7-13-31-15)9-10-17(32)24(33)18-19(26)21(28)23(30)22(29)20(18)27/h7-10,13,31H,3-6,11-12,14H2,1-2H3. The predicted molar refractivity (Wildman–Crippen MR) is 118 cm³/mol. The number of nitrogens with one attached hydrogen (secondary N) is 1. The second-order valence-electron chi connectivity index (χ2n) is 8.16. The number of unbranched alkanes of at least 4 members (excludes halogenated alkanes) is 2. The average Bonchev–Trinajstić information content (AvgIpc) is 3.47. The van der Waals surface area contributed by atoms with E-state index in [4.69, 9.17) is 0 Å². The van der Waals surface area contributed by atoms with Gasteiger partial charge in [0.2, 0.25) is 11.6 Å². The molecule has 2 aromatic heterocycles. The maximum Gasteiger partial charge on any atom is 0.260 e. The van der Waals surface area contributed by atoms with E-state index in [-0.39, 0.29) is 12.5 Å². The van der Waals surface area contributed by atoms with Crippen molar-refractivity contribution >= 4 is 12.6 Å². The lowest BCUT2D eigenvalue weighted by atomic mass is 9.53. The highest BCUT2D eigenvalue weighted by molar-refractivity contribution is 6.58. The fourth-order valence-corrected chi connectivity index (χ4v) is 4.14. The molecule has 0 aliphatic heterocycles. The van der Waals surface area contributed by atoms with Gasteiger partial charge >= 0.3 is 0 Å². The van der Waals surface area contributed by atoms with Crippen molar-refractivity contribution in [1.29, 1.82) is 0 Å².